The van der Waals surface area contributed by atoms with Crippen LogP contribution in [0, 0.1) is 11.6 Å². The van der Waals surface area contributed by atoms with Gasteiger partial charge in [-0.1, -0.05) is 11.8 Å². The third kappa shape index (κ3) is 3.25. The van der Waals surface area contributed by atoms with Gasteiger partial charge in [0.1, 0.15) is 11.6 Å². The molecule has 3 nitrogen and oxygen atoms in total. The van der Waals surface area contributed by atoms with E-state index in [0.717, 1.165) is 30.4 Å². The predicted molar refractivity (Wildman–Crippen MR) is 72.4 cm³/mol. The Morgan fingerprint density at radius 3 is 2.84 bits per heavy atom. The van der Waals surface area contributed by atoms with Gasteiger partial charge in [-0.15, -0.1) is 21.8 Å². The Labute approximate surface area is 119 Å². The molecule has 0 spiro atoms. The first-order valence-corrected chi connectivity index (χ1v) is 7.19. The van der Waals surface area contributed by atoms with Gasteiger partial charge in [-0.25, -0.2) is 8.78 Å². The topological polar surface area (TPSA) is 30.7 Å². The summed E-state index contributed by atoms with van der Waals surface area (Å²) < 4.78 is 28.5. The summed E-state index contributed by atoms with van der Waals surface area (Å²) >= 11 is 7.09. The summed E-state index contributed by atoms with van der Waals surface area (Å²) in [6, 6.07) is 3.28. The minimum Gasteiger partial charge on any atom is -0.305 e. The second-order valence-electron chi connectivity index (χ2n) is 3.88. The zero-order valence-electron chi connectivity index (χ0n) is 10.2. The van der Waals surface area contributed by atoms with Crippen LogP contribution in [0.2, 0.25) is 0 Å². The van der Waals surface area contributed by atoms with Gasteiger partial charge in [0.05, 0.1) is 5.56 Å². The van der Waals surface area contributed by atoms with E-state index >= 15 is 0 Å². The van der Waals surface area contributed by atoms with E-state index in [4.69, 9.17) is 11.6 Å². The second kappa shape index (κ2) is 6.34. The molecule has 0 amide bonds. The SMILES string of the molecule is Cn1c(SCCCCl)nnc1-c1cc(F)ccc1F. The van der Waals surface area contributed by atoms with Crippen LogP contribution in [0.5, 0.6) is 0 Å². The molecule has 0 aliphatic carbocycles. The van der Waals surface area contributed by atoms with Crippen LogP contribution in [-0.4, -0.2) is 26.4 Å². The third-order valence-electron chi connectivity index (χ3n) is 2.51. The zero-order chi connectivity index (χ0) is 13.8. The van der Waals surface area contributed by atoms with Crippen molar-refractivity contribution < 1.29 is 8.78 Å². The molecule has 0 aliphatic heterocycles. The maximum absolute atomic E-state index is 13.7. The summed E-state index contributed by atoms with van der Waals surface area (Å²) in [6.07, 6.45) is 0.850. The molecule has 1 heterocycles. The number of alkyl halides is 1. The minimum absolute atomic E-state index is 0.110. The van der Waals surface area contributed by atoms with Crippen molar-refractivity contribution in [1.29, 1.82) is 0 Å². The van der Waals surface area contributed by atoms with Gasteiger partial charge in [-0.2, -0.15) is 0 Å². The lowest BCUT2D eigenvalue weighted by Gasteiger charge is -2.04. The van der Waals surface area contributed by atoms with Crippen molar-refractivity contribution >= 4 is 23.4 Å². The van der Waals surface area contributed by atoms with Crippen LogP contribution in [0.3, 0.4) is 0 Å². The summed E-state index contributed by atoms with van der Waals surface area (Å²) in [6.45, 7) is 0. The number of hydrogen-bond donors (Lipinski definition) is 0. The fourth-order valence-electron chi connectivity index (χ4n) is 1.56. The number of benzene rings is 1. The molecule has 0 saturated heterocycles. The monoisotopic (exact) mass is 303 g/mol. The molecular formula is C12H12ClF2N3S. The molecule has 0 radical (unpaired) electrons. The van der Waals surface area contributed by atoms with E-state index in [1.165, 1.54) is 11.8 Å². The van der Waals surface area contributed by atoms with Gasteiger partial charge < -0.3 is 4.57 Å². The van der Waals surface area contributed by atoms with Crippen molar-refractivity contribution in [2.45, 2.75) is 11.6 Å². The van der Waals surface area contributed by atoms with Crippen LogP contribution < -0.4 is 0 Å². The molecule has 0 atom stereocenters. The molecular weight excluding hydrogens is 292 g/mol. The molecule has 1 aromatic carbocycles. The number of hydrogen-bond acceptors (Lipinski definition) is 3. The van der Waals surface area contributed by atoms with Crippen LogP contribution in [-0.2, 0) is 7.05 Å². The number of nitrogens with zero attached hydrogens (tertiary/aromatic N) is 3. The molecule has 0 bridgehead atoms. The molecule has 2 aromatic rings. The Morgan fingerprint density at radius 2 is 2.11 bits per heavy atom. The number of thioether (sulfide) groups is 1. The highest BCUT2D eigenvalue weighted by molar-refractivity contribution is 7.99. The maximum Gasteiger partial charge on any atom is 0.191 e. The van der Waals surface area contributed by atoms with Gasteiger partial charge in [0.25, 0.3) is 0 Å². The lowest BCUT2D eigenvalue weighted by Crippen LogP contribution is -1.97. The van der Waals surface area contributed by atoms with Crippen molar-refractivity contribution in [3.05, 3.63) is 29.8 Å². The maximum atomic E-state index is 13.7. The largest absolute Gasteiger partial charge is 0.305 e. The lowest BCUT2D eigenvalue weighted by atomic mass is 10.2. The summed E-state index contributed by atoms with van der Waals surface area (Å²) in [5, 5.41) is 8.55. The molecule has 0 aliphatic rings. The van der Waals surface area contributed by atoms with Crippen LogP contribution in [0.4, 0.5) is 8.78 Å². The molecule has 19 heavy (non-hydrogen) atoms. The fourth-order valence-corrected chi connectivity index (χ4v) is 2.70. The summed E-state index contributed by atoms with van der Waals surface area (Å²) in [5.74, 6) is 0.674. The molecule has 0 N–H and O–H groups in total. The Hall–Kier alpha value is -1.14. The van der Waals surface area contributed by atoms with Crippen LogP contribution in [0.1, 0.15) is 6.42 Å². The van der Waals surface area contributed by atoms with Crippen LogP contribution >= 0.6 is 23.4 Å². The zero-order valence-corrected chi connectivity index (χ0v) is 11.8. The normalized spacial score (nSPS) is 10.9. The van der Waals surface area contributed by atoms with E-state index < -0.39 is 11.6 Å². The van der Waals surface area contributed by atoms with Crippen LogP contribution in [0.25, 0.3) is 11.4 Å². The molecule has 102 valence electrons. The van der Waals surface area contributed by atoms with Gasteiger partial charge in [0.2, 0.25) is 0 Å². The van der Waals surface area contributed by atoms with Gasteiger partial charge in [-0.05, 0) is 24.6 Å². The van der Waals surface area contributed by atoms with Gasteiger partial charge in [-0.3, -0.25) is 0 Å². The highest BCUT2D eigenvalue weighted by atomic mass is 35.5. The summed E-state index contributed by atoms with van der Waals surface area (Å²) in [4.78, 5) is 0. The average molecular weight is 304 g/mol. The first-order chi connectivity index (χ1) is 9.13. The van der Waals surface area contributed by atoms with Gasteiger partial charge in [0, 0.05) is 18.7 Å². The lowest BCUT2D eigenvalue weighted by molar-refractivity contribution is 0.601. The average Bonchev–Trinajstić information content (AvgIpc) is 2.75. The number of rotatable bonds is 5. The molecule has 0 saturated carbocycles. The van der Waals surface area contributed by atoms with Crippen molar-refractivity contribution in [2.24, 2.45) is 7.05 Å². The first kappa shape index (κ1) is 14.3. The highest BCUT2D eigenvalue weighted by Gasteiger charge is 2.15. The standard InChI is InChI=1S/C12H12ClF2N3S/c1-18-11(9-7-8(14)3-4-10(9)15)16-17-12(18)19-6-2-5-13/h3-4,7H,2,5-6H2,1H3. The Kier molecular flexibility index (Phi) is 4.76. The minimum atomic E-state index is -0.519. The first-order valence-electron chi connectivity index (χ1n) is 5.67. The molecule has 2 rings (SSSR count). The molecule has 0 fully saturated rings. The van der Waals surface area contributed by atoms with Crippen molar-refractivity contribution in [2.75, 3.05) is 11.6 Å². The van der Waals surface area contributed by atoms with Gasteiger partial charge in [0.15, 0.2) is 11.0 Å². The van der Waals surface area contributed by atoms with Crippen molar-refractivity contribution in [3.63, 3.8) is 0 Å². The quantitative estimate of drug-likeness (QED) is 0.481. The smallest absolute Gasteiger partial charge is 0.191 e. The fraction of sp³-hybridized carbons (Fsp3) is 0.333. The molecule has 0 unspecified atom stereocenters. The summed E-state index contributed by atoms with van der Waals surface area (Å²) in [7, 11) is 1.72. The van der Waals surface area contributed by atoms with Crippen LogP contribution in [0.15, 0.2) is 23.4 Å². The van der Waals surface area contributed by atoms with Crippen molar-refractivity contribution in [3.8, 4) is 11.4 Å². The predicted octanol–water partition coefficient (Wildman–Crippen LogP) is 3.48. The second-order valence-corrected chi connectivity index (χ2v) is 5.32. The number of aromatic nitrogens is 3. The van der Waals surface area contributed by atoms with E-state index in [-0.39, 0.29) is 5.56 Å². The Morgan fingerprint density at radius 1 is 1.32 bits per heavy atom. The molecule has 7 heteroatoms. The van der Waals surface area contributed by atoms with E-state index in [1.807, 2.05) is 0 Å². The third-order valence-corrected chi connectivity index (χ3v) is 3.89. The Balaban J connectivity index is 2.28. The van der Waals surface area contributed by atoms with E-state index in [2.05, 4.69) is 10.2 Å². The highest BCUT2D eigenvalue weighted by Crippen LogP contribution is 2.25. The number of halogens is 3. The van der Waals surface area contributed by atoms with Gasteiger partial charge >= 0.3 is 0 Å². The van der Waals surface area contributed by atoms with E-state index in [9.17, 15) is 8.78 Å². The Bertz CT molecular complexity index is 574. The van der Waals surface area contributed by atoms with E-state index in [1.54, 1.807) is 11.6 Å². The molecule has 1 aromatic heterocycles. The summed E-state index contributed by atoms with van der Waals surface area (Å²) in [5.41, 5.74) is 0.110. The van der Waals surface area contributed by atoms with E-state index in [0.29, 0.717) is 16.9 Å². The van der Waals surface area contributed by atoms with Crippen molar-refractivity contribution in [1.82, 2.24) is 14.8 Å².